The number of halogens is 3. The van der Waals surface area contributed by atoms with Crippen molar-refractivity contribution >= 4 is 53.5 Å². The van der Waals surface area contributed by atoms with Crippen molar-refractivity contribution in [3.05, 3.63) is 23.7 Å². The fourth-order valence-electron chi connectivity index (χ4n) is 4.63. The Bertz CT molecular complexity index is 1140. The van der Waals surface area contributed by atoms with Crippen molar-refractivity contribution < 1.29 is 13.5 Å². The van der Waals surface area contributed by atoms with E-state index in [4.69, 9.17) is 4.74 Å². The molecule has 172 valence electrons. The highest BCUT2D eigenvalue weighted by molar-refractivity contribution is 14.2. The molecule has 4 heterocycles. The van der Waals surface area contributed by atoms with E-state index in [2.05, 4.69) is 34.2 Å². The third-order valence-electron chi connectivity index (χ3n) is 6.04. The number of anilines is 2. The third-order valence-corrected chi connectivity index (χ3v) is 8.34. The molecule has 1 aliphatic carbocycles. The summed E-state index contributed by atoms with van der Waals surface area (Å²) in [5.74, 6) is 2.55. The van der Waals surface area contributed by atoms with Crippen LogP contribution in [0.5, 0.6) is 5.75 Å². The number of hydrogen-bond donors (Lipinski definition) is 1. The SMILES string of the molecule is C=IC(F)(F)COc1cc(C)cn2nc(NC3C4CC[C@H]3CN(c3nc(C)ns3)C4)nc12. The van der Waals surface area contributed by atoms with Crippen molar-refractivity contribution in [3.63, 3.8) is 0 Å². The summed E-state index contributed by atoms with van der Waals surface area (Å²) in [4.78, 5) is 11.5. The Morgan fingerprint density at radius 3 is 2.69 bits per heavy atom. The highest BCUT2D eigenvalue weighted by Crippen LogP contribution is 2.40. The quantitative estimate of drug-likeness (QED) is 0.338. The lowest BCUT2D eigenvalue weighted by Crippen LogP contribution is -2.48. The van der Waals surface area contributed by atoms with Gasteiger partial charge in [0.25, 0.3) is 0 Å². The van der Waals surface area contributed by atoms with Gasteiger partial charge < -0.3 is 15.0 Å². The molecular weight excluding hydrogens is 551 g/mol. The van der Waals surface area contributed by atoms with Gasteiger partial charge in [-0.2, -0.15) is 18.1 Å². The fourth-order valence-corrected chi connectivity index (χ4v) is 5.69. The first-order valence-corrected chi connectivity index (χ1v) is 13.8. The molecule has 1 N–H and O–H groups in total. The predicted molar refractivity (Wildman–Crippen MR) is 130 cm³/mol. The molecule has 3 aromatic rings. The standard InChI is InChI=1S/C20H24F2IN7OS/c1-11-6-15(31-10-20(21,22)23-3)17-26-18(27-30(17)7-11)25-16-13-4-5-14(16)9-29(8-13)19-24-12(2)28-32-19/h6-7,13-14,16H,3-5,8-10H2,1-2H3,(H,25,27)/t13-,14?,16?/m0/s1. The molecule has 0 amide bonds. The average molecular weight is 575 g/mol. The lowest BCUT2D eigenvalue weighted by molar-refractivity contribution is 0.0650. The monoisotopic (exact) mass is 575 g/mol. The van der Waals surface area contributed by atoms with Crippen LogP contribution in [0.3, 0.4) is 0 Å². The zero-order valence-electron chi connectivity index (χ0n) is 17.8. The molecule has 2 fully saturated rings. The molecule has 0 spiro atoms. The van der Waals surface area contributed by atoms with Gasteiger partial charge in [-0.1, -0.05) is 4.51 Å². The Morgan fingerprint density at radius 2 is 2.03 bits per heavy atom. The highest BCUT2D eigenvalue weighted by atomic mass is 127. The van der Waals surface area contributed by atoms with Gasteiger partial charge in [0.2, 0.25) is 11.1 Å². The van der Waals surface area contributed by atoms with E-state index in [0.717, 1.165) is 42.5 Å². The van der Waals surface area contributed by atoms with E-state index < -0.39 is 31.3 Å². The zero-order valence-corrected chi connectivity index (χ0v) is 20.7. The Labute approximate surface area is 198 Å². The molecular formula is C20H24F2IN7OS. The van der Waals surface area contributed by atoms with Crippen molar-refractivity contribution in [1.82, 2.24) is 24.0 Å². The molecule has 5 rings (SSSR count). The molecule has 2 bridgehead atoms. The number of nitrogens with one attached hydrogen (secondary N) is 1. The summed E-state index contributed by atoms with van der Waals surface area (Å²) in [5, 5.41) is 9.08. The van der Waals surface area contributed by atoms with Gasteiger partial charge in [-0.25, -0.2) is 9.50 Å². The lowest BCUT2D eigenvalue weighted by atomic mass is 9.92. The van der Waals surface area contributed by atoms with Crippen LogP contribution in [0.2, 0.25) is 0 Å². The smallest absolute Gasteiger partial charge is 0.324 e. The molecule has 8 nitrogen and oxygen atoms in total. The molecule has 3 aromatic heterocycles. The summed E-state index contributed by atoms with van der Waals surface area (Å²) in [5.41, 5.74) is 1.29. The number of rotatable bonds is 7. The summed E-state index contributed by atoms with van der Waals surface area (Å²) >= 11 is -0.0408. The van der Waals surface area contributed by atoms with E-state index in [1.807, 2.05) is 20.0 Å². The van der Waals surface area contributed by atoms with E-state index in [1.165, 1.54) is 11.5 Å². The van der Waals surface area contributed by atoms with E-state index in [9.17, 15) is 8.78 Å². The van der Waals surface area contributed by atoms with Crippen LogP contribution in [0.1, 0.15) is 24.2 Å². The van der Waals surface area contributed by atoms with Gasteiger partial charge in [0.1, 0.15) is 5.82 Å². The number of ether oxygens (including phenoxy) is 1. The molecule has 12 heteroatoms. The van der Waals surface area contributed by atoms with Gasteiger partial charge in [-0.3, -0.25) is 0 Å². The first kappa shape index (κ1) is 21.9. The van der Waals surface area contributed by atoms with Crippen LogP contribution in [-0.4, -0.2) is 58.1 Å². The van der Waals surface area contributed by atoms with Crippen LogP contribution in [-0.2, 0) is 0 Å². The summed E-state index contributed by atoms with van der Waals surface area (Å²) < 4.78 is 39.3. The van der Waals surface area contributed by atoms with Gasteiger partial charge in [-0.05, 0) is 70.9 Å². The summed E-state index contributed by atoms with van der Waals surface area (Å²) in [6.45, 7) is 4.95. The third kappa shape index (κ3) is 4.30. The van der Waals surface area contributed by atoms with E-state index in [1.54, 1.807) is 10.6 Å². The molecule has 0 radical (unpaired) electrons. The number of piperidine rings is 1. The lowest BCUT2D eigenvalue weighted by Gasteiger charge is -2.37. The van der Waals surface area contributed by atoms with Crippen LogP contribution in [0.4, 0.5) is 19.9 Å². The Morgan fingerprint density at radius 1 is 1.28 bits per heavy atom. The van der Waals surface area contributed by atoms with E-state index >= 15 is 0 Å². The second-order valence-electron chi connectivity index (χ2n) is 8.42. The number of aromatic nitrogens is 5. The predicted octanol–water partition coefficient (Wildman–Crippen LogP) is 3.90. The Hall–Kier alpha value is -1.96. The minimum atomic E-state index is -2.88. The fraction of sp³-hybridized carbons (Fsp3) is 0.550. The largest absolute Gasteiger partial charge is 0.482 e. The van der Waals surface area contributed by atoms with E-state index in [0.29, 0.717) is 29.2 Å². The van der Waals surface area contributed by atoms with Crippen molar-refractivity contribution in [3.8, 4) is 5.75 Å². The first-order chi connectivity index (χ1) is 15.3. The van der Waals surface area contributed by atoms with Crippen LogP contribution < -0.4 is 15.0 Å². The molecule has 2 aliphatic rings. The maximum Gasteiger partial charge on any atom is 0.324 e. The normalized spacial score (nSPS) is 23.1. The molecule has 1 aliphatic heterocycles. The number of fused-ring (bicyclic) bond motifs is 3. The van der Waals surface area contributed by atoms with Crippen LogP contribution in [0.15, 0.2) is 12.3 Å². The van der Waals surface area contributed by atoms with Crippen molar-refractivity contribution in [1.29, 1.82) is 0 Å². The molecule has 2 unspecified atom stereocenters. The van der Waals surface area contributed by atoms with Gasteiger partial charge in [0.15, 0.2) is 18.0 Å². The summed E-state index contributed by atoms with van der Waals surface area (Å²) in [7, 11) is 0. The number of pyridine rings is 1. The van der Waals surface area contributed by atoms with Crippen LogP contribution in [0.25, 0.3) is 5.65 Å². The van der Waals surface area contributed by atoms with Crippen LogP contribution in [0, 0.1) is 25.7 Å². The van der Waals surface area contributed by atoms with Gasteiger partial charge in [0, 0.05) is 36.9 Å². The maximum atomic E-state index is 13.7. The topological polar surface area (TPSA) is 80.5 Å². The number of aryl methyl sites for hydroxylation is 2. The maximum absolute atomic E-state index is 13.7. The number of nitrogens with zero attached hydrogens (tertiary/aromatic N) is 6. The zero-order chi connectivity index (χ0) is 22.5. The molecule has 3 atom stereocenters. The minimum Gasteiger partial charge on any atom is -0.482 e. The van der Waals surface area contributed by atoms with Crippen molar-refractivity contribution in [2.45, 2.75) is 36.7 Å². The van der Waals surface area contributed by atoms with Gasteiger partial charge in [0.05, 0.1) is 0 Å². The second-order valence-corrected chi connectivity index (χ2v) is 11.5. The second kappa shape index (κ2) is 8.43. The van der Waals surface area contributed by atoms with Crippen molar-refractivity contribution in [2.75, 3.05) is 29.9 Å². The van der Waals surface area contributed by atoms with Gasteiger partial charge >= 0.3 is 3.93 Å². The first-order valence-electron chi connectivity index (χ1n) is 10.4. The molecule has 1 saturated carbocycles. The van der Waals surface area contributed by atoms with E-state index in [-0.39, 0.29) is 6.04 Å². The molecule has 32 heavy (non-hydrogen) atoms. The van der Waals surface area contributed by atoms with Gasteiger partial charge in [-0.15, -0.1) is 5.10 Å². The van der Waals surface area contributed by atoms with Crippen LogP contribution >= 0.6 is 32.3 Å². The average Bonchev–Trinajstić information content (AvgIpc) is 3.42. The Kier molecular flexibility index (Phi) is 5.76. The van der Waals surface area contributed by atoms with Crippen molar-refractivity contribution in [2.24, 2.45) is 11.8 Å². The number of alkyl halides is 3. The molecule has 1 saturated heterocycles. The Balaban J connectivity index is 1.34. The molecule has 0 aromatic carbocycles. The summed E-state index contributed by atoms with van der Waals surface area (Å²) in [6, 6.07) is 1.99. The minimum absolute atomic E-state index is 0.267. The summed E-state index contributed by atoms with van der Waals surface area (Å²) in [6.07, 6.45) is 4.10. The number of hydrogen-bond acceptors (Lipinski definition) is 8. The highest BCUT2D eigenvalue weighted by Gasteiger charge is 2.43.